The number of halogens is 2. The number of nitrogens with zero attached hydrogens (tertiary/aromatic N) is 2. The molecule has 1 N–H and O–H groups in total. The summed E-state index contributed by atoms with van der Waals surface area (Å²) in [5.74, 6) is -0.415. The summed E-state index contributed by atoms with van der Waals surface area (Å²) in [6.45, 7) is 1.93. The zero-order valence-corrected chi connectivity index (χ0v) is 28.1. The number of sulfonamides is 1. The Hall–Kier alpha value is -4.05. The van der Waals surface area contributed by atoms with E-state index >= 15 is 0 Å². The van der Waals surface area contributed by atoms with Gasteiger partial charge in [-0.15, -0.1) is 0 Å². The molecule has 0 bridgehead atoms. The van der Waals surface area contributed by atoms with E-state index < -0.39 is 28.5 Å². The lowest BCUT2D eigenvalue weighted by Gasteiger charge is -2.34. The molecule has 1 atom stereocenters. The summed E-state index contributed by atoms with van der Waals surface area (Å²) < 4.78 is 34.5. The van der Waals surface area contributed by atoms with Crippen molar-refractivity contribution in [2.24, 2.45) is 0 Å². The number of carbonyl (C=O) groups excluding carboxylic acids is 2. The molecule has 0 spiro atoms. The summed E-state index contributed by atoms with van der Waals surface area (Å²) in [5, 5.41) is 3.80. The van der Waals surface area contributed by atoms with E-state index in [1.807, 2.05) is 37.3 Å². The molecule has 8 nitrogen and oxygen atoms in total. The minimum Gasteiger partial charge on any atom is -0.497 e. The summed E-state index contributed by atoms with van der Waals surface area (Å²) in [6, 6.07) is 27.6. The van der Waals surface area contributed by atoms with E-state index in [0.717, 1.165) is 28.3 Å². The number of benzene rings is 4. The second-order valence-electron chi connectivity index (χ2n) is 10.7. The number of amides is 2. The molecule has 0 heterocycles. The van der Waals surface area contributed by atoms with Crippen LogP contribution in [0, 0.1) is 0 Å². The van der Waals surface area contributed by atoms with Crippen LogP contribution in [0.25, 0.3) is 0 Å². The van der Waals surface area contributed by atoms with E-state index in [1.54, 1.807) is 42.5 Å². The average molecular weight is 683 g/mol. The first-order valence-corrected chi connectivity index (χ1v) is 17.1. The number of hydrogen-bond acceptors (Lipinski definition) is 5. The van der Waals surface area contributed by atoms with Gasteiger partial charge in [0.1, 0.15) is 18.3 Å². The van der Waals surface area contributed by atoms with E-state index in [-0.39, 0.29) is 29.5 Å². The van der Waals surface area contributed by atoms with Crippen molar-refractivity contribution < 1.29 is 22.7 Å². The topological polar surface area (TPSA) is 96.0 Å². The number of rotatable bonds is 15. The summed E-state index contributed by atoms with van der Waals surface area (Å²) in [7, 11) is -2.79. The van der Waals surface area contributed by atoms with Gasteiger partial charge in [-0.2, -0.15) is 0 Å². The maximum absolute atomic E-state index is 14.5. The Labute approximate surface area is 280 Å². The summed E-state index contributed by atoms with van der Waals surface area (Å²) >= 11 is 12.4. The molecule has 1 unspecified atom stereocenters. The number of hydrogen-bond donors (Lipinski definition) is 1. The molecule has 46 heavy (non-hydrogen) atoms. The second kappa shape index (κ2) is 16.5. The number of unbranched alkanes of at least 4 members (excludes halogenated alkanes) is 1. The lowest BCUT2D eigenvalue weighted by Crippen LogP contribution is -2.53. The second-order valence-corrected chi connectivity index (χ2v) is 13.4. The Morgan fingerprint density at radius 2 is 1.54 bits per heavy atom. The third-order valence-electron chi connectivity index (χ3n) is 7.39. The van der Waals surface area contributed by atoms with Gasteiger partial charge in [-0.3, -0.25) is 13.9 Å². The molecule has 242 valence electrons. The summed E-state index contributed by atoms with van der Waals surface area (Å²) in [5.41, 5.74) is 1.78. The highest BCUT2D eigenvalue weighted by Gasteiger charge is 2.34. The van der Waals surface area contributed by atoms with Gasteiger partial charge >= 0.3 is 0 Å². The molecule has 2 amide bonds. The molecular formula is C35H37Cl2N3O5S. The minimum absolute atomic E-state index is 0.0385. The molecule has 0 fully saturated rings. The van der Waals surface area contributed by atoms with E-state index in [4.69, 9.17) is 27.9 Å². The molecule has 4 aromatic carbocycles. The Balaban J connectivity index is 1.78. The van der Waals surface area contributed by atoms with Crippen molar-refractivity contribution in [1.82, 2.24) is 10.2 Å². The molecule has 0 radical (unpaired) electrons. The van der Waals surface area contributed by atoms with E-state index in [1.165, 1.54) is 42.3 Å². The predicted octanol–water partition coefficient (Wildman–Crippen LogP) is 6.75. The molecule has 0 aromatic heterocycles. The Morgan fingerprint density at radius 3 is 2.17 bits per heavy atom. The largest absolute Gasteiger partial charge is 0.497 e. The molecule has 0 aliphatic heterocycles. The Morgan fingerprint density at radius 1 is 0.848 bits per heavy atom. The number of ether oxygens (including phenoxy) is 1. The smallest absolute Gasteiger partial charge is 0.264 e. The van der Waals surface area contributed by atoms with Crippen LogP contribution >= 0.6 is 23.2 Å². The number of anilines is 1. The quantitative estimate of drug-likeness (QED) is 0.140. The highest BCUT2D eigenvalue weighted by molar-refractivity contribution is 7.92. The van der Waals surface area contributed by atoms with Crippen LogP contribution in [0.5, 0.6) is 5.75 Å². The highest BCUT2D eigenvalue weighted by Crippen LogP contribution is 2.28. The Kier molecular flexibility index (Phi) is 12.5. The van der Waals surface area contributed by atoms with Crippen LogP contribution in [0.2, 0.25) is 10.0 Å². The predicted molar refractivity (Wildman–Crippen MR) is 183 cm³/mol. The van der Waals surface area contributed by atoms with Crippen molar-refractivity contribution in [3.63, 3.8) is 0 Å². The van der Waals surface area contributed by atoms with Gasteiger partial charge in [0, 0.05) is 29.6 Å². The summed E-state index contributed by atoms with van der Waals surface area (Å²) in [6.07, 6.45) is 1.88. The third-order valence-corrected chi connectivity index (χ3v) is 9.66. The first kappa shape index (κ1) is 34.8. The Bertz CT molecular complexity index is 1700. The van der Waals surface area contributed by atoms with Crippen molar-refractivity contribution in [2.75, 3.05) is 24.5 Å². The lowest BCUT2D eigenvalue weighted by atomic mass is 10.0. The first-order chi connectivity index (χ1) is 22.1. The van der Waals surface area contributed by atoms with E-state index in [2.05, 4.69) is 5.32 Å². The molecule has 11 heteroatoms. The van der Waals surface area contributed by atoms with Crippen LogP contribution in [0.3, 0.4) is 0 Å². The highest BCUT2D eigenvalue weighted by atomic mass is 35.5. The van der Waals surface area contributed by atoms with Gasteiger partial charge in [0.25, 0.3) is 10.0 Å². The number of methoxy groups -OCH3 is 1. The van der Waals surface area contributed by atoms with Crippen molar-refractivity contribution in [2.45, 2.75) is 43.7 Å². The van der Waals surface area contributed by atoms with Crippen molar-refractivity contribution in [1.29, 1.82) is 0 Å². The fourth-order valence-corrected chi connectivity index (χ4v) is 6.60. The molecule has 0 saturated carbocycles. The molecule has 0 saturated heterocycles. The standard InChI is InChI=1S/C35H37Cl2N3O5S/c1-3-4-21-38-35(42)33(22-26-9-6-5-7-10-26)39(24-27-13-15-28(36)16-14-27)34(41)25-40(30-12-8-11-29(37)23-30)46(43,44)32-19-17-31(45-2)18-20-32/h5-20,23,33H,3-4,21-22,24-25H2,1-2H3,(H,38,42). The van der Waals surface area contributed by atoms with E-state index in [9.17, 15) is 18.0 Å². The monoisotopic (exact) mass is 681 g/mol. The van der Waals surface area contributed by atoms with Crippen molar-refractivity contribution in [3.8, 4) is 5.75 Å². The molecule has 0 aliphatic rings. The SMILES string of the molecule is CCCCNC(=O)C(Cc1ccccc1)N(Cc1ccc(Cl)cc1)C(=O)CN(c1cccc(Cl)c1)S(=O)(=O)c1ccc(OC)cc1. The summed E-state index contributed by atoms with van der Waals surface area (Å²) in [4.78, 5) is 29.7. The van der Waals surface area contributed by atoms with Crippen molar-refractivity contribution in [3.05, 3.63) is 124 Å². The van der Waals surface area contributed by atoms with Crippen LogP contribution in [0.4, 0.5) is 5.69 Å². The van der Waals surface area contributed by atoms with Gasteiger partial charge in [-0.25, -0.2) is 8.42 Å². The van der Waals surface area contributed by atoms with Gasteiger partial charge in [0.05, 0.1) is 17.7 Å². The van der Waals surface area contributed by atoms with Gasteiger partial charge in [0.2, 0.25) is 11.8 Å². The number of carbonyl (C=O) groups is 2. The normalized spacial score (nSPS) is 11.8. The van der Waals surface area contributed by atoms with E-state index in [0.29, 0.717) is 22.3 Å². The van der Waals surface area contributed by atoms with Gasteiger partial charge in [-0.05, 0) is 72.1 Å². The third kappa shape index (κ3) is 9.25. The van der Waals surface area contributed by atoms with Crippen LogP contribution < -0.4 is 14.4 Å². The molecule has 4 aromatic rings. The molecule has 0 aliphatic carbocycles. The maximum atomic E-state index is 14.5. The zero-order valence-electron chi connectivity index (χ0n) is 25.7. The zero-order chi connectivity index (χ0) is 33.1. The fraction of sp³-hybridized carbons (Fsp3) is 0.257. The van der Waals surface area contributed by atoms with Gasteiger partial charge in [0.15, 0.2) is 0 Å². The minimum atomic E-state index is -4.27. The lowest BCUT2D eigenvalue weighted by molar-refractivity contribution is -0.140. The van der Waals surface area contributed by atoms with Crippen LogP contribution in [-0.4, -0.2) is 51.4 Å². The van der Waals surface area contributed by atoms with Gasteiger partial charge < -0.3 is 15.0 Å². The van der Waals surface area contributed by atoms with Crippen molar-refractivity contribution >= 4 is 50.7 Å². The maximum Gasteiger partial charge on any atom is 0.264 e. The number of nitrogens with one attached hydrogen (secondary N) is 1. The van der Waals surface area contributed by atoms with Crippen LogP contribution in [-0.2, 0) is 32.6 Å². The first-order valence-electron chi connectivity index (χ1n) is 14.9. The van der Waals surface area contributed by atoms with Crippen LogP contribution in [0.1, 0.15) is 30.9 Å². The van der Waals surface area contributed by atoms with Crippen LogP contribution in [0.15, 0.2) is 108 Å². The van der Waals surface area contributed by atoms with Gasteiger partial charge in [-0.1, -0.05) is 85.1 Å². The fourth-order valence-electron chi connectivity index (χ4n) is 4.88. The average Bonchev–Trinajstić information content (AvgIpc) is 3.06. The molecule has 4 rings (SSSR count). The molecular weight excluding hydrogens is 645 g/mol.